The topological polar surface area (TPSA) is 51.2 Å². The SMILES string of the molecule is C#CCNC(C)(C(=O)OC)c1cccnc1. The van der Waals surface area contributed by atoms with Gasteiger partial charge in [-0.1, -0.05) is 12.0 Å². The summed E-state index contributed by atoms with van der Waals surface area (Å²) >= 11 is 0. The van der Waals surface area contributed by atoms with Crippen LogP contribution in [0.5, 0.6) is 0 Å². The summed E-state index contributed by atoms with van der Waals surface area (Å²) in [6.07, 6.45) is 8.43. The molecule has 0 aromatic carbocycles. The van der Waals surface area contributed by atoms with Gasteiger partial charge in [0.2, 0.25) is 0 Å². The maximum Gasteiger partial charge on any atom is 0.330 e. The molecule has 1 heterocycles. The second kappa shape index (κ2) is 5.29. The van der Waals surface area contributed by atoms with Crippen LogP contribution in [0.15, 0.2) is 24.5 Å². The Labute approximate surface area is 95.0 Å². The van der Waals surface area contributed by atoms with Crippen LogP contribution in [0.25, 0.3) is 0 Å². The first-order valence-corrected chi connectivity index (χ1v) is 4.82. The number of pyridine rings is 1. The highest BCUT2D eigenvalue weighted by atomic mass is 16.5. The molecule has 0 aliphatic rings. The minimum Gasteiger partial charge on any atom is -0.467 e. The van der Waals surface area contributed by atoms with Crippen molar-refractivity contribution in [1.29, 1.82) is 0 Å². The molecule has 1 rings (SSSR count). The molecule has 0 spiro atoms. The number of methoxy groups -OCH3 is 1. The Balaban J connectivity index is 3.05. The van der Waals surface area contributed by atoms with Crippen molar-refractivity contribution in [2.75, 3.05) is 13.7 Å². The molecule has 0 saturated heterocycles. The highest BCUT2D eigenvalue weighted by Crippen LogP contribution is 2.20. The molecule has 0 radical (unpaired) electrons. The number of carbonyl (C=O) groups is 1. The number of esters is 1. The maximum atomic E-state index is 11.8. The Morgan fingerprint density at radius 2 is 2.50 bits per heavy atom. The third-order valence-electron chi connectivity index (χ3n) is 2.38. The number of carbonyl (C=O) groups excluding carboxylic acids is 1. The van der Waals surface area contributed by atoms with Crippen LogP contribution in [0, 0.1) is 12.3 Å². The van der Waals surface area contributed by atoms with Gasteiger partial charge in [0.15, 0.2) is 0 Å². The van der Waals surface area contributed by atoms with Gasteiger partial charge in [-0.25, -0.2) is 4.79 Å². The molecule has 0 aliphatic heterocycles. The molecular formula is C12H14N2O2. The van der Waals surface area contributed by atoms with Crippen molar-refractivity contribution in [3.8, 4) is 12.3 Å². The number of ether oxygens (including phenoxy) is 1. The van der Waals surface area contributed by atoms with E-state index in [0.29, 0.717) is 0 Å². The average Bonchev–Trinajstić information content (AvgIpc) is 2.36. The Hall–Kier alpha value is -1.86. The van der Waals surface area contributed by atoms with Gasteiger partial charge in [0, 0.05) is 18.0 Å². The molecule has 0 bridgehead atoms. The lowest BCUT2D eigenvalue weighted by molar-refractivity contribution is -0.148. The minimum absolute atomic E-state index is 0.278. The fourth-order valence-corrected chi connectivity index (χ4v) is 1.38. The smallest absolute Gasteiger partial charge is 0.330 e. The van der Waals surface area contributed by atoms with E-state index in [1.807, 2.05) is 0 Å². The van der Waals surface area contributed by atoms with Crippen molar-refractivity contribution in [2.24, 2.45) is 0 Å². The predicted octanol–water partition coefficient (Wildman–Crippen LogP) is 0.693. The van der Waals surface area contributed by atoms with E-state index in [-0.39, 0.29) is 6.54 Å². The van der Waals surface area contributed by atoms with Gasteiger partial charge in [0.1, 0.15) is 5.54 Å². The van der Waals surface area contributed by atoms with E-state index in [4.69, 9.17) is 11.2 Å². The molecule has 1 N–H and O–H groups in total. The summed E-state index contributed by atoms with van der Waals surface area (Å²) in [5.74, 6) is 2.04. The first-order valence-electron chi connectivity index (χ1n) is 4.82. The molecule has 4 heteroatoms. The van der Waals surface area contributed by atoms with Crippen LogP contribution < -0.4 is 5.32 Å². The number of nitrogens with one attached hydrogen (secondary N) is 1. The first-order chi connectivity index (χ1) is 7.65. The van der Waals surface area contributed by atoms with E-state index < -0.39 is 11.5 Å². The lowest BCUT2D eigenvalue weighted by atomic mass is 9.93. The highest BCUT2D eigenvalue weighted by molar-refractivity contribution is 5.82. The summed E-state index contributed by atoms with van der Waals surface area (Å²) < 4.78 is 4.77. The zero-order valence-electron chi connectivity index (χ0n) is 9.36. The second-order valence-corrected chi connectivity index (χ2v) is 3.42. The Morgan fingerprint density at radius 1 is 1.75 bits per heavy atom. The number of hydrogen-bond donors (Lipinski definition) is 1. The van der Waals surface area contributed by atoms with Crippen LogP contribution in [0.2, 0.25) is 0 Å². The van der Waals surface area contributed by atoms with E-state index in [2.05, 4.69) is 16.2 Å². The normalized spacial score (nSPS) is 13.6. The van der Waals surface area contributed by atoms with Crippen LogP contribution in [0.3, 0.4) is 0 Å². The van der Waals surface area contributed by atoms with E-state index in [9.17, 15) is 4.79 Å². The van der Waals surface area contributed by atoms with Crippen molar-refractivity contribution in [1.82, 2.24) is 10.3 Å². The van der Waals surface area contributed by atoms with E-state index in [1.54, 1.807) is 31.5 Å². The van der Waals surface area contributed by atoms with Gasteiger partial charge in [-0.3, -0.25) is 10.3 Å². The van der Waals surface area contributed by atoms with Gasteiger partial charge < -0.3 is 4.74 Å². The summed E-state index contributed by atoms with van der Waals surface area (Å²) in [5.41, 5.74) is -0.243. The summed E-state index contributed by atoms with van der Waals surface area (Å²) in [4.78, 5) is 15.7. The van der Waals surface area contributed by atoms with Crippen LogP contribution in [0.4, 0.5) is 0 Å². The summed E-state index contributed by atoms with van der Waals surface area (Å²) in [7, 11) is 1.34. The van der Waals surface area contributed by atoms with Crippen molar-refractivity contribution >= 4 is 5.97 Å². The maximum absolute atomic E-state index is 11.8. The molecule has 0 saturated carbocycles. The molecular weight excluding hydrogens is 204 g/mol. The molecule has 1 aromatic rings. The number of rotatable bonds is 4. The third kappa shape index (κ3) is 2.38. The molecule has 1 atom stereocenters. The number of hydrogen-bond acceptors (Lipinski definition) is 4. The van der Waals surface area contributed by atoms with Gasteiger partial charge in [-0.05, 0) is 13.0 Å². The van der Waals surface area contributed by atoms with Gasteiger partial charge in [-0.15, -0.1) is 6.42 Å². The lowest BCUT2D eigenvalue weighted by Crippen LogP contribution is -2.47. The summed E-state index contributed by atoms with van der Waals surface area (Å²) in [5, 5.41) is 2.96. The number of terminal acetylenes is 1. The quantitative estimate of drug-likeness (QED) is 0.597. The van der Waals surface area contributed by atoms with Gasteiger partial charge in [-0.2, -0.15) is 0 Å². The third-order valence-corrected chi connectivity index (χ3v) is 2.38. The predicted molar refractivity (Wildman–Crippen MR) is 60.4 cm³/mol. The molecule has 0 aliphatic carbocycles. The van der Waals surface area contributed by atoms with Crippen molar-refractivity contribution in [3.63, 3.8) is 0 Å². The van der Waals surface area contributed by atoms with Crippen molar-refractivity contribution < 1.29 is 9.53 Å². The van der Waals surface area contributed by atoms with Crippen LogP contribution >= 0.6 is 0 Å². The molecule has 84 valence electrons. The summed E-state index contributed by atoms with van der Waals surface area (Å²) in [6.45, 7) is 1.99. The molecule has 4 nitrogen and oxygen atoms in total. The minimum atomic E-state index is -0.963. The zero-order valence-corrected chi connectivity index (χ0v) is 9.36. The van der Waals surface area contributed by atoms with Crippen molar-refractivity contribution in [3.05, 3.63) is 30.1 Å². The monoisotopic (exact) mass is 218 g/mol. The van der Waals surface area contributed by atoms with Crippen LogP contribution in [-0.4, -0.2) is 24.6 Å². The zero-order chi connectivity index (χ0) is 12.0. The molecule has 1 unspecified atom stereocenters. The van der Waals surface area contributed by atoms with E-state index in [0.717, 1.165) is 5.56 Å². The van der Waals surface area contributed by atoms with Crippen molar-refractivity contribution in [2.45, 2.75) is 12.5 Å². The molecule has 0 fully saturated rings. The second-order valence-electron chi connectivity index (χ2n) is 3.42. The average molecular weight is 218 g/mol. The van der Waals surface area contributed by atoms with Gasteiger partial charge in [0.25, 0.3) is 0 Å². The first kappa shape index (κ1) is 12.2. The number of nitrogens with zero attached hydrogens (tertiary/aromatic N) is 1. The fraction of sp³-hybridized carbons (Fsp3) is 0.333. The highest BCUT2D eigenvalue weighted by Gasteiger charge is 2.35. The van der Waals surface area contributed by atoms with Gasteiger partial charge >= 0.3 is 5.97 Å². The fourth-order valence-electron chi connectivity index (χ4n) is 1.38. The Morgan fingerprint density at radius 3 is 3.00 bits per heavy atom. The van der Waals surface area contributed by atoms with Crippen LogP contribution in [-0.2, 0) is 15.1 Å². The molecule has 0 amide bonds. The van der Waals surface area contributed by atoms with Gasteiger partial charge in [0.05, 0.1) is 13.7 Å². The Bertz CT molecular complexity index is 397. The lowest BCUT2D eigenvalue weighted by Gasteiger charge is -2.27. The standard InChI is InChI=1S/C12H14N2O2/c1-4-7-14-12(2,11(15)16-3)10-6-5-8-13-9-10/h1,5-6,8-9,14H,7H2,2-3H3. The number of aromatic nitrogens is 1. The van der Waals surface area contributed by atoms with Crippen LogP contribution in [0.1, 0.15) is 12.5 Å². The largest absolute Gasteiger partial charge is 0.467 e. The van der Waals surface area contributed by atoms with E-state index >= 15 is 0 Å². The molecule has 16 heavy (non-hydrogen) atoms. The Kier molecular flexibility index (Phi) is 4.03. The summed E-state index contributed by atoms with van der Waals surface area (Å²) in [6, 6.07) is 3.56. The molecule has 1 aromatic heterocycles. The van der Waals surface area contributed by atoms with E-state index in [1.165, 1.54) is 7.11 Å².